The molecule has 0 spiro atoms. The Bertz CT molecular complexity index is 1940. The topological polar surface area (TPSA) is 63.2 Å². The maximum absolute atomic E-state index is 13.8. The molecule has 0 aromatic heterocycles. The van der Waals surface area contributed by atoms with Crippen LogP contribution in [0.1, 0.15) is 22.3 Å². The first-order valence-corrected chi connectivity index (χ1v) is 15.1. The number of carbonyl (C=O) groups is 1. The fraction of sp³-hybridized carbons (Fsp3) is 0. The summed E-state index contributed by atoms with van der Waals surface area (Å²) < 4.78 is 0. The molecule has 0 saturated heterocycles. The number of fused-ring (bicyclic) bond motifs is 2. The third kappa shape index (κ3) is 4.77. The fourth-order valence-corrected chi connectivity index (χ4v) is 7.39. The Kier molecular flexibility index (Phi) is 6.82. The molecule has 0 N–H and O–H groups in total. The van der Waals surface area contributed by atoms with Crippen LogP contribution in [0.4, 0.5) is 0 Å². The standard InChI is InChI=1S/C37H24O3S2/c38-35-29(21-33-27(23-11-3-1-4-12-23)19-25-15-7-9-17-31(25)41-33)36(39)37(40)30(35)22-34-28(24-13-5-2-6-14-24)20-26-16-8-10-18-32(26)42-34/h1-22,38H,(H,39,40)/p-2/b33-21+,34-22+. The second-order valence-corrected chi connectivity index (χ2v) is 12.1. The van der Waals surface area contributed by atoms with E-state index in [1.807, 2.05) is 109 Å². The van der Waals surface area contributed by atoms with Crippen molar-refractivity contribution in [3.05, 3.63) is 176 Å². The van der Waals surface area contributed by atoms with Gasteiger partial charge in [0.2, 0.25) is 0 Å². The molecule has 1 aliphatic carbocycles. The Balaban J connectivity index is 1.33. The van der Waals surface area contributed by atoms with Gasteiger partial charge in [-0.3, -0.25) is 4.79 Å². The summed E-state index contributed by atoms with van der Waals surface area (Å²) in [6.07, 6.45) is 7.34. The van der Waals surface area contributed by atoms with Gasteiger partial charge < -0.3 is 10.2 Å². The van der Waals surface area contributed by atoms with Crippen molar-refractivity contribution in [2.24, 2.45) is 0 Å². The molecule has 42 heavy (non-hydrogen) atoms. The van der Waals surface area contributed by atoms with Crippen molar-refractivity contribution in [1.29, 1.82) is 0 Å². The number of ketones is 1. The Morgan fingerprint density at radius 2 is 0.929 bits per heavy atom. The molecule has 7 rings (SSSR count). The molecule has 0 fully saturated rings. The highest BCUT2D eigenvalue weighted by atomic mass is 32.2. The lowest BCUT2D eigenvalue weighted by molar-refractivity contribution is -0.307. The summed E-state index contributed by atoms with van der Waals surface area (Å²) in [6, 6.07) is 35.7. The number of hydrogen-bond acceptors (Lipinski definition) is 5. The lowest BCUT2D eigenvalue weighted by Gasteiger charge is -2.22. The summed E-state index contributed by atoms with van der Waals surface area (Å²) in [5, 5.41) is 27.1. The summed E-state index contributed by atoms with van der Waals surface area (Å²) in [5.74, 6) is -2.07. The highest BCUT2D eigenvalue weighted by Gasteiger charge is 2.25. The van der Waals surface area contributed by atoms with Gasteiger partial charge in [-0.15, -0.1) is 0 Å². The second kappa shape index (κ2) is 10.9. The largest absolute Gasteiger partial charge is 0.872 e. The number of allylic oxidation sites excluding steroid dienone is 5. The van der Waals surface area contributed by atoms with Crippen LogP contribution in [0.3, 0.4) is 0 Å². The van der Waals surface area contributed by atoms with Gasteiger partial charge in [0, 0.05) is 25.2 Å². The first kappa shape index (κ1) is 26.2. The Morgan fingerprint density at radius 1 is 0.500 bits per heavy atom. The molecular formula is C37H22O3S2-2. The predicted molar refractivity (Wildman–Crippen MR) is 168 cm³/mol. The summed E-state index contributed by atoms with van der Waals surface area (Å²) in [6.45, 7) is 0. The number of benzene rings is 4. The maximum Gasteiger partial charge on any atom is 0.178 e. The minimum Gasteiger partial charge on any atom is -0.872 e. The van der Waals surface area contributed by atoms with E-state index in [0.29, 0.717) is 0 Å². The molecule has 3 aliphatic rings. The van der Waals surface area contributed by atoms with Crippen LogP contribution in [0.5, 0.6) is 0 Å². The maximum atomic E-state index is 13.8. The smallest absolute Gasteiger partial charge is 0.178 e. The summed E-state index contributed by atoms with van der Waals surface area (Å²) >= 11 is 2.99. The van der Waals surface area contributed by atoms with Crippen LogP contribution in [-0.4, -0.2) is 5.78 Å². The average molecular weight is 579 g/mol. The first-order chi connectivity index (χ1) is 20.6. The van der Waals surface area contributed by atoms with Gasteiger partial charge in [-0.25, -0.2) is 0 Å². The molecule has 3 nitrogen and oxygen atoms in total. The van der Waals surface area contributed by atoms with Crippen LogP contribution in [0.2, 0.25) is 0 Å². The highest BCUT2D eigenvalue weighted by Crippen LogP contribution is 2.47. The number of thioether (sulfide) groups is 2. The first-order valence-electron chi connectivity index (χ1n) is 13.5. The third-order valence-corrected chi connectivity index (χ3v) is 9.61. The predicted octanol–water partition coefficient (Wildman–Crippen LogP) is 7.26. The molecule has 202 valence electrons. The molecule has 0 bridgehead atoms. The molecule has 2 aliphatic heterocycles. The van der Waals surface area contributed by atoms with E-state index in [4.69, 9.17) is 0 Å². The van der Waals surface area contributed by atoms with E-state index in [9.17, 15) is 15.0 Å². The SMILES string of the molecule is O=C1C([O-])=C(/C=C2/Sc3ccccc3C=C2c2ccccc2)C([O-])=C1/C=C1/Sc2ccccc2C=C1c1ccccc1. The van der Waals surface area contributed by atoms with Crippen LogP contribution < -0.4 is 10.2 Å². The lowest BCUT2D eigenvalue weighted by atomic mass is 9.99. The zero-order valence-electron chi connectivity index (χ0n) is 22.2. The summed E-state index contributed by atoms with van der Waals surface area (Å²) in [5.41, 5.74) is 5.68. The molecule has 0 amide bonds. The van der Waals surface area contributed by atoms with E-state index in [1.54, 1.807) is 12.2 Å². The zero-order valence-corrected chi connectivity index (χ0v) is 23.9. The van der Waals surface area contributed by atoms with E-state index in [-0.39, 0.29) is 11.1 Å². The molecule has 2 heterocycles. The number of rotatable bonds is 4. The van der Waals surface area contributed by atoms with Crippen molar-refractivity contribution in [3.63, 3.8) is 0 Å². The monoisotopic (exact) mass is 578 g/mol. The number of hydrogen-bond donors (Lipinski definition) is 0. The Morgan fingerprint density at radius 3 is 1.43 bits per heavy atom. The van der Waals surface area contributed by atoms with Crippen LogP contribution in [0.15, 0.2) is 164 Å². The van der Waals surface area contributed by atoms with Gasteiger partial charge in [0.15, 0.2) is 5.78 Å². The number of Topliss-reactive ketones (excluding diaryl/α,β-unsaturated/α-hetero) is 1. The van der Waals surface area contributed by atoms with Gasteiger partial charge in [0.1, 0.15) is 0 Å². The second-order valence-electron chi connectivity index (χ2n) is 9.96. The van der Waals surface area contributed by atoms with Crippen LogP contribution in [0.25, 0.3) is 23.3 Å². The molecule has 5 heteroatoms. The van der Waals surface area contributed by atoms with Crippen molar-refractivity contribution >= 4 is 52.6 Å². The Labute approximate surface area is 252 Å². The van der Waals surface area contributed by atoms with Gasteiger partial charge in [-0.2, -0.15) is 0 Å². The fourth-order valence-electron chi connectivity index (χ4n) is 5.21. The van der Waals surface area contributed by atoms with Gasteiger partial charge in [0.25, 0.3) is 0 Å². The minimum atomic E-state index is -0.766. The average Bonchev–Trinajstić information content (AvgIpc) is 3.23. The van der Waals surface area contributed by atoms with E-state index in [2.05, 4.69) is 12.2 Å². The zero-order chi connectivity index (χ0) is 28.6. The van der Waals surface area contributed by atoms with Crippen LogP contribution in [0, 0.1) is 0 Å². The lowest BCUT2D eigenvalue weighted by Crippen LogP contribution is -2.14. The molecular weight excluding hydrogens is 557 g/mol. The summed E-state index contributed by atoms with van der Waals surface area (Å²) in [4.78, 5) is 16.9. The van der Waals surface area contributed by atoms with Gasteiger partial charge in [0.05, 0.1) is 0 Å². The van der Waals surface area contributed by atoms with E-state index < -0.39 is 17.3 Å². The number of carbonyl (C=O) groups excluding carboxylic acids is 1. The third-order valence-electron chi connectivity index (χ3n) is 7.31. The molecule has 0 saturated carbocycles. The molecule has 0 radical (unpaired) electrons. The Hall–Kier alpha value is -4.71. The van der Waals surface area contributed by atoms with E-state index in [0.717, 1.165) is 53.0 Å². The van der Waals surface area contributed by atoms with Crippen molar-refractivity contribution in [2.75, 3.05) is 0 Å². The van der Waals surface area contributed by atoms with Crippen LogP contribution >= 0.6 is 23.5 Å². The van der Waals surface area contributed by atoms with Gasteiger partial charge in [-0.05, 0) is 75.4 Å². The molecule has 4 aromatic rings. The summed E-state index contributed by atoms with van der Waals surface area (Å²) in [7, 11) is 0. The minimum absolute atomic E-state index is 0.0954. The van der Waals surface area contributed by atoms with E-state index >= 15 is 0 Å². The normalized spacial score (nSPS) is 18.2. The van der Waals surface area contributed by atoms with Crippen molar-refractivity contribution < 1.29 is 15.0 Å². The van der Waals surface area contributed by atoms with E-state index in [1.165, 1.54) is 23.5 Å². The van der Waals surface area contributed by atoms with Crippen molar-refractivity contribution in [3.8, 4) is 0 Å². The van der Waals surface area contributed by atoms with Gasteiger partial charge in [-0.1, -0.05) is 132 Å². The molecule has 4 aromatic carbocycles. The molecule has 0 atom stereocenters. The van der Waals surface area contributed by atoms with Crippen LogP contribution in [-0.2, 0) is 4.79 Å². The highest BCUT2D eigenvalue weighted by molar-refractivity contribution is 8.04. The van der Waals surface area contributed by atoms with Gasteiger partial charge >= 0.3 is 0 Å². The molecule has 0 unspecified atom stereocenters. The van der Waals surface area contributed by atoms with Crippen molar-refractivity contribution in [2.45, 2.75) is 9.79 Å². The van der Waals surface area contributed by atoms with Crippen molar-refractivity contribution in [1.82, 2.24) is 0 Å². The quantitative estimate of drug-likeness (QED) is 0.255.